The van der Waals surface area contributed by atoms with E-state index < -0.39 is 0 Å². The van der Waals surface area contributed by atoms with Gasteiger partial charge in [-0.25, -0.2) is 0 Å². The molecule has 0 atom stereocenters. The van der Waals surface area contributed by atoms with E-state index in [0.717, 1.165) is 25.0 Å². The van der Waals surface area contributed by atoms with Gasteiger partial charge in [-0.05, 0) is 38.3 Å². The highest BCUT2D eigenvalue weighted by molar-refractivity contribution is 5.77. The standard InChI is InChI=1S/C14H21N3O/c1-2-17(11-12-6-3-4-9-16-12)13(18)10-14(15)7-5-8-14/h3-4,6,9H,2,5,7-8,10-11,15H2,1H3. The summed E-state index contributed by atoms with van der Waals surface area (Å²) in [5, 5.41) is 0. The molecule has 0 saturated heterocycles. The smallest absolute Gasteiger partial charge is 0.224 e. The van der Waals surface area contributed by atoms with E-state index in [0.29, 0.717) is 19.5 Å². The third-order valence-electron chi connectivity index (χ3n) is 3.67. The fraction of sp³-hybridized carbons (Fsp3) is 0.571. The first-order valence-electron chi connectivity index (χ1n) is 6.59. The average molecular weight is 247 g/mol. The molecular weight excluding hydrogens is 226 g/mol. The molecule has 1 heterocycles. The van der Waals surface area contributed by atoms with Crippen LogP contribution in [0, 0.1) is 0 Å². The van der Waals surface area contributed by atoms with Crippen LogP contribution in [0.4, 0.5) is 0 Å². The molecule has 1 aliphatic carbocycles. The summed E-state index contributed by atoms with van der Waals surface area (Å²) in [6.45, 7) is 3.27. The predicted molar refractivity (Wildman–Crippen MR) is 70.7 cm³/mol. The van der Waals surface area contributed by atoms with Crippen LogP contribution in [0.25, 0.3) is 0 Å². The van der Waals surface area contributed by atoms with Crippen LogP contribution in [0.15, 0.2) is 24.4 Å². The lowest BCUT2D eigenvalue weighted by Crippen LogP contribution is -2.50. The summed E-state index contributed by atoms with van der Waals surface area (Å²) in [4.78, 5) is 18.3. The molecule has 18 heavy (non-hydrogen) atoms. The number of aromatic nitrogens is 1. The van der Waals surface area contributed by atoms with Crippen LogP contribution in [-0.4, -0.2) is 27.9 Å². The zero-order valence-corrected chi connectivity index (χ0v) is 10.9. The minimum absolute atomic E-state index is 0.144. The maximum atomic E-state index is 12.2. The van der Waals surface area contributed by atoms with E-state index in [1.54, 1.807) is 6.20 Å². The average Bonchev–Trinajstić information content (AvgIpc) is 2.35. The monoisotopic (exact) mass is 247 g/mol. The first-order chi connectivity index (χ1) is 8.63. The number of carbonyl (C=O) groups excluding carboxylic acids is 1. The van der Waals surface area contributed by atoms with Gasteiger partial charge in [0.1, 0.15) is 0 Å². The SMILES string of the molecule is CCN(Cc1ccccn1)C(=O)CC1(N)CCC1. The van der Waals surface area contributed by atoms with E-state index >= 15 is 0 Å². The van der Waals surface area contributed by atoms with E-state index in [1.165, 1.54) is 0 Å². The maximum absolute atomic E-state index is 12.2. The Morgan fingerprint density at radius 1 is 1.50 bits per heavy atom. The summed E-state index contributed by atoms with van der Waals surface area (Å²) < 4.78 is 0. The summed E-state index contributed by atoms with van der Waals surface area (Å²) >= 11 is 0. The zero-order valence-electron chi connectivity index (χ0n) is 10.9. The minimum Gasteiger partial charge on any atom is -0.337 e. The van der Waals surface area contributed by atoms with Crippen molar-refractivity contribution < 1.29 is 4.79 Å². The van der Waals surface area contributed by atoms with E-state index in [4.69, 9.17) is 5.73 Å². The second-order valence-electron chi connectivity index (χ2n) is 5.12. The molecule has 0 aliphatic heterocycles. The van der Waals surface area contributed by atoms with Crippen molar-refractivity contribution in [3.8, 4) is 0 Å². The van der Waals surface area contributed by atoms with Crippen molar-refractivity contribution >= 4 is 5.91 Å². The third-order valence-corrected chi connectivity index (χ3v) is 3.67. The van der Waals surface area contributed by atoms with Gasteiger partial charge in [0.15, 0.2) is 0 Å². The van der Waals surface area contributed by atoms with Crippen molar-refractivity contribution in [1.82, 2.24) is 9.88 Å². The van der Waals surface area contributed by atoms with Crippen LogP contribution in [0.3, 0.4) is 0 Å². The minimum atomic E-state index is -0.241. The molecule has 1 aromatic heterocycles. The first kappa shape index (κ1) is 13.0. The Hall–Kier alpha value is -1.42. The molecule has 1 fully saturated rings. The molecule has 4 heteroatoms. The molecule has 0 spiro atoms. The quantitative estimate of drug-likeness (QED) is 0.861. The van der Waals surface area contributed by atoms with Crippen LogP contribution < -0.4 is 5.73 Å². The number of hydrogen-bond donors (Lipinski definition) is 1. The molecule has 2 N–H and O–H groups in total. The van der Waals surface area contributed by atoms with E-state index in [-0.39, 0.29) is 11.4 Å². The third kappa shape index (κ3) is 3.07. The van der Waals surface area contributed by atoms with Crippen molar-refractivity contribution in [2.75, 3.05) is 6.54 Å². The number of nitrogens with two attached hydrogens (primary N) is 1. The predicted octanol–water partition coefficient (Wildman–Crippen LogP) is 1.70. The largest absolute Gasteiger partial charge is 0.337 e. The number of pyridine rings is 1. The van der Waals surface area contributed by atoms with Gasteiger partial charge in [0.2, 0.25) is 5.91 Å². The fourth-order valence-electron chi connectivity index (χ4n) is 2.28. The van der Waals surface area contributed by atoms with Gasteiger partial charge in [-0.2, -0.15) is 0 Å². The Labute approximate surface area is 108 Å². The van der Waals surface area contributed by atoms with Gasteiger partial charge in [0, 0.05) is 24.7 Å². The van der Waals surface area contributed by atoms with E-state index in [1.807, 2.05) is 30.0 Å². The summed E-state index contributed by atoms with van der Waals surface area (Å²) in [6, 6.07) is 5.76. The van der Waals surface area contributed by atoms with Crippen molar-refractivity contribution in [1.29, 1.82) is 0 Å². The molecule has 1 saturated carbocycles. The van der Waals surface area contributed by atoms with Crippen LogP contribution in [0.2, 0.25) is 0 Å². The summed E-state index contributed by atoms with van der Waals surface area (Å²) in [5.74, 6) is 0.144. The fourth-order valence-corrected chi connectivity index (χ4v) is 2.28. The molecule has 4 nitrogen and oxygen atoms in total. The van der Waals surface area contributed by atoms with Crippen molar-refractivity contribution in [2.45, 2.75) is 44.7 Å². The van der Waals surface area contributed by atoms with Gasteiger partial charge < -0.3 is 10.6 Å². The van der Waals surface area contributed by atoms with E-state index in [2.05, 4.69) is 4.98 Å². The molecule has 2 rings (SSSR count). The maximum Gasteiger partial charge on any atom is 0.224 e. The molecule has 98 valence electrons. The number of carbonyl (C=O) groups is 1. The molecule has 1 aliphatic rings. The Bertz CT molecular complexity index is 401. The van der Waals surface area contributed by atoms with Gasteiger partial charge in [0.05, 0.1) is 12.2 Å². The Morgan fingerprint density at radius 2 is 2.28 bits per heavy atom. The van der Waals surface area contributed by atoms with Crippen LogP contribution in [0.5, 0.6) is 0 Å². The highest BCUT2D eigenvalue weighted by Gasteiger charge is 2.35. The summed E-state index contributed by atoms with van der Waals surface area (Å²) in [7, 11) is 0. The Morgan fingerprint density at radius 3 is 2.78 bits per heavy atom. The van der Waals surface area contributed by atoms with Crippen LogP contribution >= 0.6 is 0 Å². The van der Waals surface area contributed by atoms with E-state index in [9.17, 15) is 4.79 Å². The Balaban J connectivity index is 1.93. The normalized spacial score (nSPS) is 17.0. The molecule has 0 bridgehead atoms. The van der Waals surface area contributed by atoms with Gasteiger partial charge in [-0.1, -0.05) is 6.07 Å². The molecule has 0 radical (unpaired) electrons. The van der Waals surface area contributed by atoms with Crippen molar-refractivity contribution in [3.05, 3.63) is 30.1 Å². The molecule has 1 aromatic rings. The Kier molecular flexibility index (Phi) is 3.97. The van der Waals surface area contributed by atoms with Crippen molar-refractivity contribution in [2.24, 2.45) is 5.73 Å². The molecule has 0 aromatic carbocycles. The highest BCUT2D eigenvalue weighted by atomic mass is 16.2. The molecule has 1 amide bonds. The number of amides is 1. The summed E-state index contributed by atoms with van der Waals surface area (Å²) in [5.41, 5.74) is 6.81. The van der Waals surface area contributed by atoms with Gasteiger partial charge in [-0.15, -0.1) is 0 Å². The van der Waals surface area contributed by atoms with Gasteiger partial charge in [-0.3, -0.25) is 9.78 Å². The second kappa shape index (κ2) is 5.48. The number of rotatable bonds is 5. The number of hydrogen-bond acceptors (Lipinski definition) is 3. The van der Waals surface area contributed by atoms with Gasteiger partial charge in [0.25, 0.3) is 0 Å². The van der Waals surface area contributed by atoms with Crippen LogP contribution in [0.1, 0.15) is 38.3 Å². The second-order valence-corrected chi connectivity index (χ2v) is 5.12. The lowest BCUT2D eigenvalue weighted by atomic mass is 9.75. The highest BCUT2D eigenvalue weighted by Crippen LogP contribution is 2.32. The lowest BCUT2D eigenvalue weighted by Gasteiger charge is -2.38. The first-order valence-corrected chi connectivity index (χ1v) is 6.59. The molecule has 0 unspecified atom stereocenters. The molecular formula is C14H21N3O. The van der Waals surface area contributed by atoms with Crippen LogP contribution in [-0.2, 0) is 11.3 Å². The zero-order chi connectivity index (χ0) is 13.0. The summed E-state index contributed by atoms with van der Waals surface area (Å²) in [6.07, 6.45) is 5.31. The van der Waals surface area contributed by atoms with Crippen molar-refractivity contribution in [3.63, 3.8) is 0 Å². The lowest BCUT2D eigenvalue weighted by molar-refractivity contribution is -0.133. The topological polar surface area (TPSA) is 59.2 Å². The number of nitrogens with zero attached hydrogens (tertiary/aromatic N) is 2. The van der Waals surface area contributed by atoms with Gasteiger partial charge >= 0.3 is 0 Å².